The Morgan fingerprint density at radius 1 is 0.380 bits per heavy atom. The number of fused-ring (bicyclic) bond motifs is 11. The van der Waals surface area contributed by atoms with Gasteiger partial charge in [-0.25, -0.2) is 0 Å². The molecule has 11 aromatic carbocycles. The lowest BCUT2D eigenvalue weighted by Gasteiger charge is -2.32. The molecular formula is C69H48N2. The Balaban J connectivity index is 0.960. The molecule has 2 heteroatoms. The molecule has 0 bridgehead atoms. The van der Waals surface area contributed by atoms with Crippen LogP contribution in [0.4, 0.5) is 17.1 Å². The van der Waals surface area contributed by atoms with Crippen molar-refractivity contribution >= 4 is 60.4 Å². The molecule has 12 aromatic rings. The zero-order valence-corrected chi connectivity index (χ0v) is 39.2. The Hall–Kier alpha value is -9.24. The minimum Gasteiger partial charge on any atom is -0.310 e. The highest BCUT2D eigenvalue weighted by atomic mass is 15.1. The van der Waals surface area contributed by atoms with Crippen LogP contribution in [0.25, 0.3) is 82.4 Å². The molecule has 0 saturated carbocycles. The summed E-state index contributed by atoms with van der Waals surface area (Å²) >= 11 is 0. The van der Waals surface area contributed by atoms with Crippen LogP contribution in [0.5, 0.6) is 0 Å². The summed E-state index contributed by atoms with van der Waals surface area (Å²) in [5.41, 5.74) is 17.2. The number of allylic oxidation sites excluding steroid dienone is 5. The molecule has 0 fully saturated rings. The van der Waals surface area contributed by atoms with Gasteiger partial charge in [-0.05, 0) is 121 Å². The number of hydrogen-bond acceptors (Lipinski definition) is 1. The van der Waals surface area contributed by atoms with Crippen molar-refractivity contribution < 1.29 is 0 Å². The average molecular weight is 905 g/mol. The van der Waals surface area contributed by atoms with E-state index in [1.54, 1.807) is 0 Å². The van der Waals surface area contributed by atoms with Gasteiger partial charge in [-0.2, -0.15) is 0 Å². The van der Waals surface area contributed by atoms with Gasteiger partial charge in [-0.3, -0.25) is 0 Å². The second-order valence-corrected chi connectivity index (χ2v) is 18.4. The predicted octanol–water partition coefficient (Wildman–Crippen LogP) is 18.5. The third-order valence-corrected chi connectivity index (χ3v) is 14.6. The summed E-state index contributed by atoms with van der Waals surface area (Å²) in [6.45, 7) is 3.94. The highest BCUT2D eigenvalue weighted by molar-refractivity contribution is 6.32. The monoisotopic (exact) mass is 904 g/mol. The molecule has 1 aromatic heterocycles. The van der Waals surface area contributed by atoms with Crippen LogP contribution in [0.2, 0.25) is 0 Å². The number of anilines is 3. The topological polar surface area (TPSA) is 8.17 Å². The van der Waals surface area contributed by atoms with Gasteiger partial charge in [-0.15, -0.1) is 0 Å². The maximum Gasteiger partial charge on any atom is 0.0647 e. The standard InChI is InChI=1S/C69H48N2/c1-2-3-4-19-45-69(52-24-9-6-10-25-52)64-33-17-15-29-59(64)60-44-43-56(47-65(60)69)70(53-39-35-49(36-40-53)48-21-7-5-8-22-48)55-26-20-23-51(46-55)50-37-41-54(42-38-50)71-66-34-18-16-32-63(66)67-61-30-13-11-27-57(61)58-28-12-14-31-62(58)68(67)71/h2-47H,1H2/b4-3-,45-19+. The maximum absolute atomic E-state index is 3.94. The molecular weight excluding hydrogens is 857 g/mol. The lowest BCUT2D eigenvalue weighted by atomic mass is 9.72. The molecule has 0 N–H and O–H groups in total. The fraction of sp³-hybridized carbons (Fsp3) is 0.0145. The van der Waals surface area contributed by atoms with Crippen molar-refractivity contribution in [2.75, 3.05) is 4.90 Å². The molecule has 2 nitrogen and oxygen atoms in total. The van der Waals surface area contributed by atoms with Crippen molar-refractivity contribution in [3.63, 3.8) is 0 Å². The van der Waals surface area contributed by atoms with Crippen molar-refractivity contribution in [2.24, 2.45) is 0 Å². The van der Waals surface area contributed by atoms with Crippen LogP contribution in [0.3, 0.4) is 0 Å². The molecule has 0 aliphatic heterocycles. The van der Waals surface area contributed by atoms with Crippen LogP contribution in [-0.2, 0) is 5.41 Å². The second-order valence-electron chi connectivity index (χ2n) is 18.4. The Kier molecular flexibility index (Phi) is 10.3. The molecule has 334 valence electrons. The Bertz CT molecular complexity index is 4050. The largest absolute Gasteiger partial charge is 0.310 e. The van der Waals surface area contributed by atoms with E-state index in [1.165, 1.54) is 82.3 Å². The zero-order valence-electron chi connectivity index (χ0n) is 39.2. The quantitative estimate of drug-likeness (QED) is 0.0981. The molecule has 13 rings (SSSR count). The van der Waals surface area contributed by atoms with E-state index in [4.69, 9.17) is 0 Å². The number of aromatic nitrogens is 1. The maximum atomic E-state index is 3.94. The van der Waals surface area contributed by atoms with Crippen LogP contribution in [-0.4, -0.2) is 4.57 Å². The minimum absolute atomic E-state index is 0.531. The fourth-order valence-corrected chi connectivity index (χ4v) is 11.5. The second kappa shape index (κ2) is 17.4. The Labute approximate surface area is 414 Å². The number of hydrogen-bond donors (Lipinski definition) is 0. The summed E-state index contributed by atoms with van der Waals surface area (Å²) in [6.07, 6.45) is 10.4. The van der Waals surface area contributed by atoms with Gasteiger partial charge in [0.15, 0.2) is 0 Å². The van der Waals surface area contributed by atoms with Crippen molar-refractivity contribution in [1.82, 2.24) is 4.57 Å². The highest BCUT2D eigenvalue weighted by Crippen LogP contribution is 2.55. The van der Waals surface area contributed by atoms with Gasteiger partial charge in [0.05, 0.1) is 16.4 Å². The minimum atomic E-state index is -0.531. The first-order valence-corrected chi connectivity index (χ1v) is 24.5. The summed E-state index contributed by atoms with van der Waals surface area (Å²) in [7, 11) is 0. The summed E-state index contributed by atoms with van der Waals surface area (Å²) in [6, 6.07) is 91.2. The van der Waals surface area contributed by atoms with E-state index >= 15 is 0 Å². The van der Waals surface area contributed by atoms with Crippen LogP contribution < -0.4 is 4.90 Å². The van der Waals surface area contributed by atoms with Gasteiger partial charge in [0.25, 0.3) is 0 Å². The predicted molar refractivity (Wildman–Crippen MR) is 302 cm³/mol. The van der Waals surface area contributed by atoms with Crippen molar-refractivity contribution in [1.29, 1.82) is 0 Å². The van der Waals surface area contributed by atoms with Crippen LogP contribution in [0.1, 0.15) is 16.7 Å². The van der Waals surface area contributed by atoms with Gasteiger partial charge >= 0.3 is 0 Å². The van der Waals surface area contributed by atoms with Crippen molar-refractivity contribution in [2.45, 2.75) is 5.41 Å². The van der Waals surface area contributed by atoms with Crippen molar-refractivity contribution in [3.8, 4) is 39.1 Å². The molecule has 0 saturated heterocycles. The summed E-state index contributed by atoms with van der Waals surface area (Å²) in [5, 5.41) is 7.63. The first-order valence-electron chi connectivity index (χ1n) is 24.5. The zero-order chi connectivity index (χ0) is 47.3. The molecule has 1 unspecified atom stereocenters. The molecule has 1 heterocycles. The molecule has 1 aliphatic rings. The Morgan fingerprint density at radius 2 is 0.944 bits per heavy atom. The normalized spacial score (nSPS) is 14.2. The number of para-hydroxylation sites is 1. The third kappa shape index (κ3) is 6.87. The molecule has 1 aliphatic carbocycles. The molecule has 1 atom stereocenters. The molecule has 0 amide bonds. The van der Waals surface area contributed by atoms with Crippen molar-refractivity contribution in [3.05, 3.63) is 302 Å². The SMILES string of the molecule is C=C/C=C\C=C\C1(c2ccccc2)c2ccccc2-c2ccc(N(c3ccc(-c4ccccc4)cc3)c3cccc(-c4ccc(-n5c6ccccc6c6c7ccccc7c7ccccc7c65)cc4)c3)cc21. The first-order chi connectivity index (χ1) is 35.2. The number of rotatable bonds is 10. The summed E-state index contributed by atoms with van der Waals surface area (Å²) in [5.74, 6) is 0. The van der Waals surface area contributed by atoms with Crippen LogP contribution >= 0.6 is 0 Å². The van der Waals surface area contributed by atoms with Crippen LogP contribution in [0.15, 0.2) is 286 Å². The van der Waals surface area contributed by atoms with E-state index in [9.17, 15) is 0 Å². The number of benzene rings is 11. The lowest BCUT2D eigenvalue weighted by Crippen LogP contribution is -2.24. The summed E-state index contributed by atoms with van der Waals surface area (Å²) < 4.78 is 2.47. The van der Waals surface area contributed by atoms with Gasteiger partial charge in [-0.1, -0.05) is 231 Å². The van der Waals surface area contributed by atoms with E-state index in [0.29, 0.717) is 0 Å². The highest BCUT2D eigenvalue weighted by Gasteiger charge is 2.43. The first kappa shape index (κ1) is 41.9. The Morgan fingerprint density at radius 3 is 1.72 bits per heavy atom. The van der Waals surface area contributed by atoms with E-state index in [2.05, 4.69) is 283 Å². The molecule has 0 spiro atoms. The molecule has 0 radical (unpaired) electrons. The molecule has 71 heavy (non-hydrogen) atoms. The summed E-state index contributed by atoms with van der Waals surface area (Å²) in [4.78, 5) is 2.42. The average Bonchev–Trinajstić information content (AvgIpc) is 3.95. The van der Waals surface area contributed by atoms with Gasteiger partial charge in [0.1, 0.15) is 0 Å². The third-order valence-electron chi connectivity index (χ3n) is 14.6. The van der Waals surface area contributed by atoms with Gasteiger partial charge < -0.3 is 9.47 Å². The smallest absolute Gasteiger partial charge is 0.0647 e. The van der Waals surface area contributed by atoms with Gasteiger partial charge in [0.2, 0.25) is 0 Å². The van der Waals surface area contributed by atoms with E-state index in [0.717, 1.165) is 33.9 Å². The fourth-order valence-electron chi connectivity index (χ4n) is 11.5. The van der Waals surface area contributed by atoms with E-state index in [1.807, 2.05) is 12.2 Å². The number of nitrogens with zero attached hydrogens (tertiary/aromatic N) is 2. The van der Waals surface area contributed by atoms with Crippen LogP contribution in [0, 0.1) is 0 Å². The van der Waals surface area contributed by atoms with E-state index < -0.39 is 5.41 Å². The lowest BCUT2D eigenvalue weighted by molar-refractivity contribution is 0.804. The van der Waals surface area contributed by atoms with Gasteiger partial charge in [0, 0.05) is 38.9 Å². The van der Waals surface area contributed by atoms with E-state index in [-0.39, 0.29) is 0 Å².